The molecule has 0 aromatic carbocycles. The first kappa shape index (κ1) is 16.4. The zero-order valence-electron chi connectivity index (χ0n) is 13.9. The minimum absolute atomic E-state index is 0.00194. The third-order valence-electron chi connectivity index (χ3n) is 4.26. The smallest absolute Gasteiger partial charge is 0.222 e. The number of carbonyl (C=O) groups is 1. The third kappa shape index (κ3) is 4.78. The maximum atomic E-state index is 11.9. The van der Waals surface area contributed by atoms with Crippen LogP contribution in [0.1, 0.15) is 37.7 Å². The fourth-order valence-corrected chi connectivity index (χ4v) is 2.86. The summed E-state index contributed by atoms with van der Waals surface area (Å²) in [5.41, 5.74) is 1.02. The van der Waals surface area contributed by atoms with Crippen LogP contribution in [0.15, 0.2) is 31.0 Å². The van der Waals surface area contributed by atoms with Crippen molar-refractivity contribution >= 4 is 11.7 Å². The van der Waals surface area contributed by atoms with Crippen LogP contribution in [-0.2, 0) is 17.9 Å². The first-order chi connectivity index (χ1) is 11.8. The van der Waals surface area contributed by atoms with Gasteiger partial charge in [-0.05, 0) is 24.5 Å². The van der Waals surface area contributed by atoms with Crippen LogP contribution in [0.2, 0.25) is 0 Å². The van der Waals surface area contributed by atoms with Crippen LogP contribution >= 0.6 is 0 Å². The molecule has 1 N–H and O–H groups in total. The Bertz CT molecular complexity index is 617. The number of aryl methyl sites for hydroxylation is 1. The van der Waals surface area contributed by atoms with Crippen LogP contribution in [0.25, 0.3) is 0 Å². The molecule has 0 unspecified atom stereocenters. The Labute approximate surface area is 142 Å². The quantitative estimate of drug-likeness (QED) is 0.874. The molecule has 24 heavy (non-hydrogen) atoms. The lowest BCUT2D eigenvalue weighted by Gasteiger charge is -2.21. The van der Waals surface area contributed by atoms with Gasteiger partial charge in [0.25, 0.3) is 0 Å². The van der Waals surface area contributed by atoms with E-state index in [-0.39, 0.29) is 5.91 Å². The van der Waals surface area contributed by atoms with Crippen molar-refractivity contribution in [3.05, 3.63) is 36.5 Å². The SMILES string of the molecule is O=C(CCn1cncn1)NCc1ccc(N2CCCCCC2)nc1. The summed E-state index contributed by atoms with van der Waals surface area (Å²) in [6.07, 6.45) is 10.4. The molecule has 1 saturated heterocycles. The Morgan fingerprint density at radius 3 is 2.67 bits per heavy atom. The van der Waals surface area contributed by atoms with E-state index in [1.807, 2.05) is 12.3 Å². The molecule has 3 rings (SSSR count). The zero-order valence-corrected chi connectivity index (χ0v) is 13.9. The fraction of sp³-hybridized carbons (Fsp3) is 0.529. The van der Waals surface area contributed by atoms with Crippen LogP contribution in [0, 0.1) is 0 Å². The van der Waals surface area contributed by atoms with Crippen molar-refractivity contribution in [1.82, 2.24) is 25.1 Å². The van der Waals surface area contributed by atoms with Gasteiger partial charge in [0.2, 0.25) is 5.91 Å². The lowest BCUT2D eigenvalue weighted by Crippen LogP contribution is -2.25. The maximum Gasteiger partial charge on any atom is 0.222 e. The van der Waals surface area contributed by atoms with Crippen LogP contribution < -0.4 is 10.2 Å². The lowest BCUT2D eigenvalue weighted by molar-refractivity contribution is -0.121. The van der Waals surface area contributed by atoms with E-state index >= 15 is 0 Å². The predicted molar refractivity (Wildman–Crippen MR) is 91.4 cm³/mol. The molecule has 0 atom stereocenters. The molecule has 3 heterocycles. The number of pyridine rings is 1. The molecule has 1 aliphatic rings. The van der Waals surface area contributed by atoms with Crippen molar-refractivity contribution in [3.63, 3.8) is 0 Å². The molecule has 2 aromatic rings. The second-order valence-electron chi connectivity index (χ2n) is 6.11. The normalized spacial score (nSPS) is 15.1. The van der Waals surface area contributed by atoms with Gasteiger partial charge in [0.05, 0.1) is 6.54 Å². The van der Waals surface area contributed by atoms with Gasteiger partial charge in [-0.15, -0.1) is 0 Å². The Hall–Kier alpha value is -2.44. The highest BCUT2D eigenvalue weighted by atomic mass is 16.1. The fourth-order valence-electron chi connectivity index (χ4n) is 2.86. The van der Waals surface area contributed by atoms with Gasteiger partial charge in [0.15, 0.2) is 0 Å². The Kier molecular flexibility index (Phi) is 5.76. The monoisotopic (exact) mass is 328 g/mol. The summed E-state index contributed by atoms with van der Waals surface area (Å²) in [6, 6.07) is 4.10. The van der Waals surface area contributed by atoms with E-state index in [2.05, 4.69) is 31.3 Å². The summed E-state index contributed by atoms with van der Waals surface area (Å²) in [6.45, 7) is 3.22. The number of hydrogen-bond acceptors (Lipinski definition) is 5. The average molecular weight is 328 g/mol. The average Bonchev–Trinajstić information content (AvgIpc) is 2.99. The predicted octanol–water partition coefficient (Wildman–Crippen LogP) is 1.76. The highest BCUT2D eigenvalue weighted by Crippen LogP contribution is 2.17. The van der Waals surface area contributed by atoms with Crippen molar-refractivity contribution in [3.8, 4) is 0 Å². The van der Waals surface area contributed by atoms with Gasteiger partial charge in [-0.25, -0.2) is 9.97 Å². The van der Waals surface area contributed by atoms with Gasteiger partial charge in [-0.2, -0.15) is 5.10 Å². The number of nitrogens with one attached hydrogen (secondary N) is 1. The van der Waals surface area contributed by atoms with Crippen molar-refractivity contribution in [2.45, 2.75) is 45.2 Å². The van der Waals surface area contributed by atoms with Crippen molar-refractivity contribution < 1.29 is 4.79 Å². The molecule has 128 valence electrons. The molecule has 1 aliphatic heterocycles. The maximum absolute atomic E-state index is 11.9. The number of rotatable bonds is 6. The number of aromatic nitrogens is 4. The molecule has 1 amide bonds. The summed E-state index contributed by atoms with van der Waals surface area (Å²) in [4.78, 5) is 22.6. The number of anilines is 1. The minimum Gasteiger partial charge on any atom is -0.357 e. The number of hydrogen-bond donors (Lipinski definition) is 1. The second kappa shape index (κ2) is 8.42. The molecule has 0 spiro atoms. The van der Waals surface area contributed by atoms with E-state index in [1.165, 1.54) is 32.0 Å². The van der Waals surface area contributed by atoms with E-state index in [0.717, 1.165) is 24.5 Å². The third-order valence-corrected chi connectivity index (χ3v) is 4.26. The summed E-state index contributed by atoms with van der Waals surface area (Å²) in [7, 11) is 0. The molecule has 0 bridgehead atoms. The molecule has 7 nitrogen and oxygen atoms in total. The lowest BCUT2D eigenvalue weighted by atomic mass is 10.2. The van der Waals surface area contributed by atoms with E-state index in [1.54, 1.807) is 11.0 Å². The Balaban J connectivity index is 1.44. The molecule has 0 saturated carbocycles. The standard InChI is InChI=1S/C17H24N6O/c24-17(7-10-23-14-18-13-21-23)20-12-15-5-6-16(19-11-15)22-8-3-1-2-4-9-22/h5-6,11,13-14H,1-4,7-10,12H2,(H,20,24). The van der Waals surface area contributed by atoms with E-state index in [0.29, 0.717) is 19.5 Å². The van der Waals surface area contributed by atoms with E-state index < -0.39 is 0 Å². The van der Waals surface area contributed by atoms with Crippen LogP contribution in [-0.4, -0.2) is 38.7 Å². The molecule has 0 radical (unpaired) electrons. The van der Waals surface area contributed by atoms with Gasteiger partial charge in [-0.1, -0.05) is 18.9 Å². The molecule has 7 heteroatoms. The van der Waals surface area contributed by atoms with Crippen molar-refractivity contribution in [2.75, 3.05) is 18.0 Å². The summed E-state index contributed by atoms with van der Waals surface area (Å²) in [5.74, 6) is 1.04. The summed E-state index contributed by atoms with van der Waals surface area (Å²) in [5, 5.41) is 6.89. The van der Waals surface area contributed by atoms with Crippen LogP contribution in [0.4, 0.5) is 5.82 Å². The number of amides is 1. The highest BCUT2D eigenvalue weighted by Gasteiger charge is 2.11. The molecule has 0 aliphatic carbocycles. The van der Waals surface area contributed by atoms with Crippen LogP contribution in [0.3, 0.4) is 0 Å². The van der Waals surface area contributed by atoms with Gasteiger partial charge in [0.1, 0.15) is 18.5 Å². The first-order valence-electron chi connectivity index (χ1n) is 8.60. The topological polar surface area (TPSA) is 75.9 Å². The second-order valence-corrected chi connectivity index (χ2v) is 6.11. The Morgan fingerprint density at radius 2 is 2.00 bits per heavy atom. The van der Waals surface area contributed by atoms with E-state index in [4.69, 9.17) is 0 Å². The molecular weight excluding hydrogens is 304 g/mol. The van der Waals surface area contributed by atoms with Crippen LogP contribution in [0.5, 0.6) is 0 Å². The summed E-state index contributed by atoms with van der Waals surface area (Å²) < 4.78 is 1.65. The minimum atomic E-state index is 0.00194. The Morgan fingerprint density at radius 1 is 1.17 bits per heavy atom. The molecule has 1 fully saturated rings. The van der Waals surface area contributed by atoms with Crippen molar-refractivity contribution in [2.24, 2.45) is 0 Å². The van der Waals surface area contributed by atoms with Gasteiger partial charge in [0, 0.05) is 32.3 Å². The summed E-state index contributed by atoms with van der Waals surface area (Å²) >= 11 is 0. The molecular formula is C17H24N6O. The molecule has 2 aromatic heterocycles. The number of nitrogens with zero attached hydrogens (tertiary/aromatic N) is 5. The largest absolute Gasteiger partial charge is 0.357 e. The highest BCUT2D eigenvalue weighted by molar-refractivity contribution is 5.75. The van der Waals surface area contributed by atoms with Gasteiger partial charge in [-0.3, -0.25) is 9.48 Å². The number of carbonyl (C=O) groups excluding carboxylic acids is 1. The van der Waals surface area contributed by atoms with Gasteiger partial charge >= 0.3 is 0 Å². The van der Waals surface area contributed by atoms with Crippen molar-refractivity contribution in [1.29, 1.82) is 0 Å². The van der Waals surface area contributed by atoms with E-state index in [9.17, 15) is 4.79 Å². The van der Waals surface area contributed by atoms with Gasteiger partial charge < -0.3 is 10.2 Å². The first-order valence-corrected chi connectivity index (χ1v) is 8.60. The zero-order chi connectivity index (χ0) is 16.6.